The highest BCUT2D eigenvalue weighted by Crippen LogP contribution is 2.39. The van der Waals surface area contributed by atoms with E-state index >= 15 is 0 Å². The van der Waals surface area contributed by atoms with Gasteiger partial charge < -0.3 is 0 Å². The second-order valence-corrected chi connectivity index (χ2v) is 10.7. The number of carbonyl (C=O) groups is 2. The number of rotatable bonds is 4. The lowest BCUT2D eigenvalue weighted by Gasteiger charge is -2.32. The molecule has 29 heavy (non-hydrogen) atoms. The molecule has 158 valence electrons. The molecule has 1 aliphatic carbocycles. The number of hydrogen-bond acceptors (Lipinski definition) is 4. The Hall–Kier alpha value is -1.73. The van der Waals surface area contributed by atoms with Gasteiger partial charge in [-0.3, -0.25) is 14.5 Å². The summed E-state index contributed by atoms with van der Waals surface area (Å²) in [4.78, 5) is 27.2. The first-order valence-corrected chi connectivity index (χ1v) is 12.2. The largest absolute Gasteiger partial charge is 0.278 e. The third-order valence-electron chi connectivity index (χ3n) is 6.85. The average molecular weight is 419 g/mol. The summed E-state index contributed by atoms with van der Waals surface area (Å²) in [5, 5.41) is 0. The van der Waals surface area contributed by atoms with Gasteiger partial charge in [0.1, 0.15) is 0 Å². The average Bonchev–Trinajstić information content (AvgIpc) is 2.94. The van der Waals surface area contributed by atoms with Gasteiger partial charge in [-0.25, -0.2) is 8.42 Å². The Balaban J connectivity index is 1.60. The lowest BCUT2D eigenvalue weighted by Crippen LogP contribution is -2.42. The van der Waals surface area contributed by atoms with Gasteiger partial charge in [-0.1, -0.05) is 31.4 Å². The van der Waals surface area contributed by atoms with Crippen molar-refractivity contribution in [2.45, 2.75) is 76.3 Å². The molecule has 2 aliphatic heterocycles. The minimum atomic E-state index is -3.60. The highest BCUT2D eigenvalue weighted by Gasteiger charge is 2.48. The summed E-state index contributed by atoms with van der Waals surface area (Å²) in [5.74, 6) is -0.540. The van der Waals surface area contributed by atoms with Crippen LogP contribution in [0, 0.1) is 18.8 Å². The van der Waals surface area contributed by atoms with Crippen LogP contribution in [-0.4, -0.2) is 42.0 Å². The van der Waals surface area contributed by atoms with Gasteiger partial charge in [-0.2, -0.15) is 4.31 Å². The van der Waals surface area contributed by atoms with Gasteiger partial charge >= 0.3 is 0 Å². The van der Waals surface area contributed by atoms with E-state index < -0.39 is 10.0 Å². The first kappa shape index (κ1) is 20.5. The smallest absolute Gasteiger partial charge is 0.243 e. The maximum absolute atomic E-state index is 13.3. The summed E-state index contributed by atoms with van der Waals surface area (Å²) in [7, 11) is -3.60. The van der Waals surface area contributed by atoms with Gasteiger partial charge in [0.25, 0.3) is 0 Å². The number of benzene rings is 1. The summed E-state index contributed by atoms with van der Waals surface area (Å²) in [6, 6.07) is 5.27. The zero-order chi connectivity index (χ0) is 20.8. The van der Waals surface area contributed by atoms with Crippen molar-refractivity contribution < 1.29 is 18.0 Å². The van der Waals surface area contributed by atoms with E-state index in [1.54, 1.807) is 23.4 Å². The SMILES string of the molecule is Cc1ccc(CN2C(=O)C3CCCCC3C2=O)cc1S(=O)(=O)N1CCCCC1C. The van der Waals surface area contributed by atoms with Crippen molar-refractivity contribution in [2.75, 3.05) is 6.54 Å². The van der Waals surface area contributed by atoms with E-state index in [2.05, 4.69) is 0 Å². The molecule has 3 aliphatic rings. The van der Waals surface area contributed by atoms with Gasteiger partial charge in [-0.15, -0.1) is 0 Å². The fourth-order valence-electron chi connectivity index (χ4n) is 5.15. The molecule has 4 rings (SSSR count). The number of hydrogen-bond donors (Lipinski definition) is 0. The second kappa shape index (κ2) is 7.84. The molecule has 1 aromatic carbocycles. The fourth-order valence-corrected chi connectivity index (χ4v) is 7.12. The molecule has 0 aromatic heterocycles. The topological polar surface area (TPSA) is 74.8 Å². The highest BCUT2D eigenvalue weighted by molar-refractivity contribution is 7.89. The normalized spacial score (nSPS) is 28.6. The van der Waals surface area contributed by atoms with Crippen molar-refractivity contribution in [2.24, 2.45) is 11.8 Å². The van der Waals surface area contributed by atoms with Crippen LogP contribution in [0.2, 0.25) is 0 Å². The molecule has 0 radical (unpaired) electrons. The second-order valence-electron chi connectivity index (χ2n) is 8.82. The van der Waals surface area contributed by atoms with Crippen molar-refractivity contribution in [1.29, 1.82) is 0 Å². The summed E-state index contributed by atoms with van der Waals surface area (Å²) in [6.07, 6.45) is 6.36. The lowest BCUT2D eigenvalue weighted by molar-refractivity contribution is -0.140. The maximum atomic E-state index is 13.3. The van der Waals surface area contributed by atoms with Crippen LogP contribution in [0.4, 0.5) is 0 Å². The Bertz CT molecular complexity index is 903. The van der Waals surface area contributed by atoms with Crippen LogP contribution in [0.15, 0.2) is 23.1 Å². The first-order chi connectivity index (χ1) is 13.8. The Morgan fingerprint density at radius 3 is 2.21 bits per heavy atom. The maximum Gasteiger partial charge on any atom is 0.243 e. The number of aryl methyl sites for hydroxylation is 1. The number of imide groups is 1. The number of likely N-dealkylation sites (tertiary alicyclic amines) is 1. The van der Waals surface area contributed by atoms with Crippen LogP contribution in [0.25, 0.3) is 0 Å². The molecule has 7 heteroatoms. The summed E-state index contributed by atoms with van der Waals surface area (Å²) >= 11 is 0. The third-order valence-corrected chi connectivity index (χ3v) is 9.01. The van der Waals surface area contributed by atoms with Crippen LogP contribution >= 0.6 is 0 Å². The predicted molar refractivity (Wildman–Crippen MR) is 109 cm³/mol. The van der Waals surface area contributed by atoms with E-state index in [0.29, 0.717) is 22.6 Å². The molecule has 2 heterocycles. The van der Waals surface area contributed by atoms with Crippen LogP contribution in [-0.2, 0) is 26.2 Å². The van der Waals surface area contributed by atoms with E-state index in [0.717, 1.165) is 44.9 Å². The van der Waals surface area contributed by atoms with Gasteiger partial charge in [0.2, 0.25) is 21.8 Å². The lowest BCUT2D eigenvalue weighted by atomic mass is 9.81. The number of piperidine rings is 1. The predicted octanol–water partition coefficient (Wildman–Crippen LogP) is 3.23. The monoisotopic (exact) mass is 418 g/mol. The van der Waals surface area contributed by atoms with Gasteiger partial charge in [0.05, 0.1) is 23.3 Å². The van der Waals surface area contributed by atoms with Crippen molar-refractivity contribution >= 4 is 21.8 Å². The van der Waals surface area contributed by atoms with Crippen LogP contribution in [0.3, 0.4) is 0 Å². The molecule has 0 N–H and O–H groups in total. The van der Waals surface area contributed by atoms with E-state index in [1.807, 2.05) is 13.0 Å². The number of nitrogens with zero attached hydrogens (tertiary/aromatic N) is 2. The van der Waals surface area contributed by atoms with Crippen LogP contribution in [0.5, 0.6) is 0 Å². The fraction of sp³-hybridized carbons (Fsp3) is 0.636. The Morgan fingerprint density at radius 1 is 0.966 bits per heavy atom. The van der Waals surface area contributed by atoms with Crippen LogP contribution < -0.4 is 0 Å². The molecule has 3 atom stereocenters. The van der Waals surface area contributed by atoms with E-state index in [9.17, 15) is 18.0 Å². The number of sulfonamides is 1. The quantitative estimate of drug-likeness (QED) is 0.704. The molecule has 6 nitrogen and oxygen atoms in total. The number of fused-ring (bicyclic) bond motifs is 1. The molecule has 1 saturated carbocycles. The summed E-state index contributed by atoms with van der Waals surface area (Å²) < 4.78 is 28.2. The molecular formula is C22H30N2O4S. The number of amides is 2. The van der Waals surface area contributed by atoms with Crippen molar-refractivity contribution in [3.63, 3.8) is 0 Å². The Morgan fingerprint density at radius 2 is 1.59 bits per heavy atom. The molecule has 0 bridgehead atoms. The highest BCUT2D eigenvalue weighted by atomic mass is 32.2. The summed E-state index contributed by atoms with van der Waals surface area (Å²) in [6.45, 7) is 4.45. The molecule has 3 fully saturated rings. The molecule has 2 saturated heterocycles. The van der Waals surface area contributed by atoms with Crippen molar-refractivity contribution in [3.8, 4) is 0 Å². The van der Waals surface area contributed by atoms with Crippen molar-refractivity contribution in [3.05, 3.63) is 29.3 Å². The molecule has 3 unspecified atom stereocenters. The molecular weight excluding hydrogens is 388 g/mol. The first-order valence-electron chi connectivity index (χ1n) is 10.8. The van der Waals surface area contributed by atoms with E-state index in [1.165, 1.54) is 4.90 Å². The zero-order valence-electron chi connectivity index (χ0n) is 17.3. The minimum absolute atomic E-state index is 0.0123. The molecule has 1 aromatic rings. The zero-order valence-corrected chi connectivity index (χ0v) is 18.1. The van der Waals surface area contributed by atoms with Gasteiger partial charge in [0, 0.05) is 12.6 Å². The third kappa shape index (κ3) is 3.63. The van der Waals surface area contributed by atoms with Gasteiger partial charge in [-0.05, 0) is 56.7 Å². The number of carbonyl (C=O) groups excluding carboxylic acids is 2. The summed E-state index contributed by atoms with van der Waals surface area (Å²) in [5.41, 5.74) is 1.39. The molecule has 0 spiro atoms. The van der Waals surface area contributed by atoms with Crippen molar-refractivity contribution in [1.82, 2.24) is 9.21 Å². The van der Waals surface area contributed by atoms with E-state index in [4.69, 9.17) is 0 Å². The Kier molecular flexibility index (Phi) is 5.55. The van der Waals surface area contributed by atoms with Crippen LogP contribution in [0.1, 0.15) is 63.0 Å². The standard InChI is InChI=1S/C22H30N2O4S/c1-15-10-11-17(13-20(15)29(27,28)24-12-6-5-7-16(24)2)14-23-21(25)18-8-3-4-9-19(18)22(23)26/h10-11,13,16,18-19H,3-9,12,14H2,1-2H3. The van der Waals surface area contributed by atoms with Gasteiger partial charge in [0.15, 0.2) is 0 Å². The minimum Gasteiger partial charge on any atom is -0.278 e. The Labute approximate surface area is 173 Å². The van der Waals surface area contributed by atoms with E-state index in [-0.39, 0.29) is 36.2 Å². The molecule has 2 amide bonds.